The molecular formula is C20H26N4O2. The van der Waals surface area contributed by atoms with E-state index in [1.165, 1.54) is 10.2 Å². The maximum atomic E-state index is 12.3. The van der Waals surface area contributed by atoms with Crippen LogP contribution >= 0.6 is 0 Å². The Kier molecular flexibility index (Phi) is 5.71. The second kappa shape index (κ2) is 8.17. The average molecular weight is 354 g/mol. The molecule has 1 aromatic carbocycles. The zero-order valence-corrected chi connectivity index (χ0v) is 15.4. The molecule has 0 saturated carbocycles. The van der Waals surface area contributed by atoms with Crippen molar-refractivity contribution in [3.8, 4) is 0 Å². The van der Waals surface area contributed by atoms with Crippen LogP contribution in [-0.4, -0.2) is 28.8 Å². The Balaban J connectivity index is 1.53. The number of amides is 1. The molecule has 1 atom stereocenters. The molecule has 3 rings (SSSR count). The van der Waals surface area contributed by atoms with E-state index in [0.29, 0.717) is 18.9 Å². The van der Waals surface area contributed by atoms with E-state index in [1.807, 2.05) is 25.1 Å². The van der Waals surface area contributed by atoms with Crippen LogP contribution in [0.1, 0.15) is 30.4 Å². The van der Waals surface area contributed by atoms with Crippen LogP contribution in [-0.2, 0) is 18.4 Å². The quantitative estimate of drug-likeness (QED) is 0.892. The summed E-state index contributed by atoms with van der Waals surface area (Å²) in [5, 5.41) is 7.11. The smallest absolute Gasteiger partial charge is 0.268 e. The van der Waals surface area contributed by atoms with Crippen LogP contribution in [0.15, 0.2) is 41.3 Å². The Morgan fingerprint density at radius 3 is 2.96 bits per heavy atom. The number of piperidine rings is 1. The van der Waals surface area contributed by atoms with Crippen LogP contribution in [0.2, 0.25) is 0 Å². The van der Waals surface area contributed by atoms with Gasteiger partial charge in [0.15, 0.2) is 0 Å². The Morgan fingerprint density at radius 1 is 1.35 bits per heavy atom. The molecule has 26 heavy (non-hydrogen) atoms. The minimum atomic E-state index is -0.111. The molecule has 1 aliphatic heterocycles. The maximum absolute atomic E-state index is 12.3. The van der Waals surface area contributed by atoms with Gasteiger partial charge in [-0.2, -0.15) is 5.10 Å². The highest BCUT2D eigenvalue weighted by Crippen LogP contribution is 2.23. The van der Waals surface area contributed by atoms with E-state index in [-0.39, 0.29) is 11.5 Å². The van der Waals surface area contributed by atoms with E-state index in [9.17, 15) is 9.59 Å². The van der Waals surface area contributed by atoms with Gasteiger partial charge in [-0.1, -0.05) is 29.8 Å². The van der Waals surface area contributed by atoms with Crippen molar-refractivity contribution in [1.29, 1.82) is 0 Å². The van der Waals surface area contributed by atoms with Crippen LogP contribution < -0.4 is 15.8 Å². The number of aryl methyl sites for hydroxylation is 2. The van der Waals surface area contributed by atoms with E-state index in [2.05, 4.69) is 21.4 Å². The van der Waals surface area contributed by atoms with E-state index < -0.39 is 0 Å². The number of carbonyl (C=O) groups excluding carboxylic acids is 1. The van der Waals surface area contributed by atoms with Gasteiger partial charge in [-0.05, 0) is 31.2 Å². The summed E-state index contributed by atoms with van der Waals surface area (Å²) in [6.07, 6.45) is 4.29. The average Bonchev–Trinajstić information content (AvgIpc) is 2.63. The van der Waals surface area contributed by atoms with Gasteiger partial charge >= 0.3 is 0 Å². The lowest BCUT2D eigenvalue weighted by Crippen LogP contribution is -2.38. The molecule has 0 spiro atoms. The lowest BCUT2D eigenvalue weighted by Gasteiger charge is -2.33. The minimum Gasteiger partial charge on any atom is -0.370 e. The summed E-state index contributed by atoms with van der Waals surface area (Å²) in [7, 11) is 1.64. The first-order chi connectivity index (χ1) is 12.5. The molecule has 0 bridgehead atoms. The van der Waals surface area contributed by atoms with Gasteiger partial charge in [0.05, 0.1) is 11.9 Å². The number of aromatic nitrogens is 2. The Morgan fingerprint density at radius 2 is 2.19 bits per heavy atom. The van der Waals surface area contributed by atoms with Gasteiger partial charge in [0.25, 0.3) is 5.56 Å². The van der Waals surface area contributed by atoms with E-state index in [0.717, 1.165) is 37.2 Å². The second-order valence-corrected chi connectivity index (χ2v) is 7.10. The minimum absolute atomic E-state index is 0.0838. The number of rotatable bonds is 5. The fraction of sp³-hybridized carbons (Fsp3) is 0.450. The van der Waals surface area contributed by atoms with E-state index >= 15 is 0 Å². The zero-order chi connectivity index (χ0) is 18.5. The molecule has 6 nitrogen and oxygen atoms in total. The number of nitrogens with zero attached hydrogens (tertiary/aromatic N) is 3. The highest BCUT2D eigenvalue weighted by Gasteiger charge is 2.23. The SMILES string of the molecule is Cc1cccc(CNC(=O)CC2CCCN(c3cnn(C)c(=O)c3)C2)c1. The third-order valence-electron chi connectivity index (χ3n) is 4.88. The number of hydrogen-bond donors (Lipinski definition) is 1. The highest BCUT2D eigenvalue weighted by molar-refractivity contribution is 5.76. The van der Waals surface area contributed by atoms with Gasteiger partial charge in [0.2, 0.25) is 5.91 Å². The molecule has 0 radical (unpaired) electrons. The molecule has 1 saturated heterocycles. The van der Waals surface area contributed by atoms with Crippen molar-refractivity contribution in [2.24, 2.45) is 13.0 Å². The third kappa shape index (κ3) is 4.71. The predicted octanol–water partition coefficient (Wildman–Crippen LogP) is 2.01. The maximum Gasteiger partial charge on any atom is 0.268 e. The van der Waals surface area contributed by atoms with Crippen molar-refractivity contribution in [3.63, 3.8) is 0 Å². The van der Waals surface area contributed by atoms with Crippen LogP contribution in [0.25, 0.3) is 0 Å². The summed E-state index contributed by atoms with van der Waals surface area (Å²) >= 11 is 0. The van der Waals surface area contributed by atoms with Crippen molar-refractivity contribution in [2.45, 2.75) is 32.7 Å². The molecule has 1 aromatic heterocycles. The Bertz CT molecular complexity index is 831. The summed E-state index contributed by atoms with van der Waals surface area (Å²) < 4.78 is 1.32. The highest BCUT2D eigenvalue weighted by atomic mass is 16.1. The van der Waals surface area contributed by atoms with Crippen molar-refractivity contribution in [1.82, 2.24) is 15.1 Å². The Labute approximate surface area is 153 Å². The molecule has 0 aliphatic carbocycles. The monoisotopic (exact) mass is 354 g/mol. The first-order valence-corrected chi connectivity index (χ1v) is 9.12. The summed E-state index contributed by atoms with van der Waals surface area (Å²) in [5.41, 5.74) is 3.05. The lowest BCUT2D eigenvalue weighted by molar-refractivity contribution is -0.122. The van der Waals surface area contributed by atoms with Crippen LogP contribution in [0.3, 0.4) is 0 Å². The molecule has 138 valence electrons. The van der Waals surface area contributed by atoms with Crippen LogP contribution in [0.4, 0.5) is 5.69 Å². The normalized spacial score (nSPS) is 17.2. The molecular weight excluding hydrogens is 328 g/mol. The van der Waals surface area contributed by atoms with Crippen molar-refractivity contribution >= 4 is 11.6 Å². The zero-order valence-electron chi connectivity index (χ0n) is 15.4. The number of carbonyl (C=O) groups is 1. The van der Waals surface area contributed by atoms with E-state index in [4.69, 9.17) is 0 Å². The summed E-state index contributed by atoms with van der Waals surface area (Å²) in [6.45, 7) is 4.30. The van der Waals surface area contributed by atoms with Gasteiger partial charge in [0, 0.05) is 39.2 Å². The summed E-state index contributed by atoms with van der Waals surface area (Å²) in [5.74, 6) is 0.380. The third-order valence-corrected chi connectivity index (χ3v) is 4.88. The molecule has 2 aromatic rings. The van der Waals surface area contributed by atoms with Gasteiger partial charge in [-0.3, -0.25) is 9.59 Å². The molecule has 1 aliphatic rings. The van der Waals surface area contributed by atoms with Crippen molar-refractivity contribution in [2.75, 3.05) is 18.0 Å². The van der Waals surface area contributed by atoms with Gasteiger partial charge in [-0.15, -0.1) is 0 Å². The van der Waals surface area contributed by atoms with Crippen molar-refractivity contribution < 1.29 is 4.79 Å². The second-order valence-electron chi connectivity index (χ2n) is 7.10. The van der Waals surface area contributed by atoms with E-state index in [1.54, 1.807) is 19.3 Å². The number of hydrogen-bond acceptors (Lipinski definition) is 4. The van der Waals surface area contributed by atoms with Crippen LogP contribution in [0.5, 0.6) is 0 Å². The van der Waals surface area contributed by atoms with Gasteiger partial charge < -0.3 is 10.2 Å². The van der Waals surface area contributed by atoms with Gasteiger partial charge in [0.1, 0.15) is 0 Å². The number of anilines is 1. The van der Waals surface area contributed by atoms with Gasteiger partial charge in [-0.25, -0.2) is 4.68 Å². The molecule has 1 N–H and O–H groups in total. The molecule has 2 heterocycles. The molecule has 6 heteroatoms. The fourth-order valence-electron chi connectivity index (χ4n) is 3.46. The summed E-state index contributed by atoms with van der Waals surface area (Å²) in [4.78, 5) is 26.3. The van der Waals surface area contributed by atoms with Crippen molar-refractivity contribution in [3.05, 3.63) is 58.0 Å². The first kappa shape index (κ1) is 18.2. The molecule has 1 fully saturated rings. The summed E-state index contributed by atoms with van der Waals surface area (Å²) in [6, 6.07) is 9.79. The largest absolute Gasteiger partial charge is 0.370 e. The standard InChI is InChI=1S/C20H26N4O2/c1-15-5-3-6-16(9-15)12-21-19(25)10-17-7-4-8-24(14-17)18-11-20(26)23(2)22-13-18/h3,5-6,9,11,13,17H,4,7-8,10,12,14H2,1-2H3,(H,21,25). The Hall–Kier alpha value is -2.63. The lowest BCUT2D eigenvalue weighted by atomic mass is 9.94. The number of nitrogens with one attached hydrogen (secondary N) is 1. The first-order valence-electron chi connectivity index (χ1n) is 9.12. The predicted molar refractivity (Wildman–Crippen MR) is 102 cm³/mol. The molecule has 1 amide bonds. The molecule has 1 unspecified atom stereocenters. The topological polar surface area (TPSA) is 67.2 Å². The van der Waals surface area contributed by atoms with Crippen LogP contribution in [0, 0.1) is 12.8 Å². The number of benzene rings is 1. The fourth-order valence-corrected chi connectivity index (χ4v) is 3.46.